The number of amides is 2. The number of fused-ring (bicyclic) bond motifs is 1. The number of carbonyl (C=O) groups is 2. The Labute approximate surface area is 317 Å². The van der Waals surface area contributed by atoms with Gasteiger partial charge in [-0.3, -0.25) is 9.59 Å². The van der Waals surface area contributed by atoms with Crippen LogP contribution in [0.5, 0.6) is 11.5 Å². The van der Waals surface area contributed by atoms with E-state index in [0.29, 0.717) is 18.6 Å². The first-order valence-electron chi connectivity index (χ1n) is 21.0. The molecule has 0 bridgehead atoms. The second kappa shape index (κ2) is 37.2. The third-order valence-corrected chi connectivity index (χ3v) is 8.36. The monoisotopic (exact) mass is 720 g/mol. The summed E-state index contributed by atoms with van der Waals surface area (Å²) in [5.74, 6) is 3.04. The lowest BCUT2D eigenvalue weighted by atomic mass is 9.85. The zero-order valence-corrected chi connectivity index (χ0v) is 36.0. The molecule has 7 heteroatoms. The summed E-state index contributed by atoms with van der Waals surface area (Å²) < 4.78 is 11.4. The molecule has 7 nitrogen and oxygen atoms in total. The SMILES string of the molecule is CC.CC.CC/C=C(\CCC)N(CCC(C)CC(CC)c1cc(CCC)c2c(c1)OCO2)C(C)=O.CCC.CCCCN(C=O)CCCCCN. The minimum Gasteiger partial charge on any atom is -0.454 e. The molecule has 300 valence electrons. The number of carbonyl (C=O) groups excluding carboxylic acids is 2. The molecule has 0 saturated carbocycles. The molecule has 0 saturated heterocycles. The van der Waals surface area contributed by atoms with E-state index in [1.165, 1.54) is 23.2 Å². The van der Waals surface area contributed by atoms with Crippen LogP contribution in [0.4, 0.5) is 0 Å². The molecule has 0 spiro atoms. The second-order valence-corrected chi connectivity index (χ2v) is 13.0. The van der Waals surface area contributed by atoms with E-state index in [2.05, 4.69) is 73.6 Å². The summed E-state index contributed by atoms with van der Waals surface area (Å²) in [4.78, 5) is 26.8. The van der Waals surface area contributed by atoms with Gasteiger partial charge in [-0.2, -0.15) is 0 Å². The molecule has 2 amide bonds. The highest BCUT2D eigenvalue weighted by molar-refractivity contribution is 5.75. The standard InChI is InChI=1S/C27H43NO3.C10H22N2O.C3H8.2C2H6/c1-7-11-23-17-24(18-26-27(23)31-19-30-26)22(10-4)16-20(5)14-15-28(21(6)29)25(12-8-2)13-9-3;1-2-3-8-12(10-13)9-6-4-5-7-11;1-3-2;2*1-2/h12,17-18,20,22H,7-11,13-16,19H2,1-6H3;10H,2-9,11H2,1H3;3H2,1-2H3;2*1-2H3/b25-12+;;;;. The van der Waals surface area contributed by atoms with Crippen LogP contribution in [0.1, 0.15) is 191 Å². The second-order valence-electron chi connectivity index (χ2n) is 13.0. The number of ether oxygens (including phenoxy) is 2. The summed E-state index contributed by atoms with van der Waals surface area (Å²) in [6.07, 6.45) is 18.3. The fourth-order valence-corrected chi connectivity index (χ4v) is 5.85. The Bertz CT molecular complexity index is 981. The van der Waals surface area contributed by atoms with Crippen molar-refractivity contribution in [2.24, 2.45) is 11.7 Å². The summed E-state index contributed by atoms with van der Waals surface area (Å²) >= 11 is 0. The Morgan fingerprint density at radius 1 is 0.882 bits per heavy atom. The van der Waals surface area contributed by atoms with Crippen LogP contribution >= 0.6 is 0 Å². The average Bonchev–Trinajstić information content (AvgIpc) is 3.62. The van der Waals surface area contributed by atoms with E-state index < -0.39 is 0 Å². The van der Waals surface area contributed by atoms with Gasteiger partial charge in [0.05, 0.1) is 0 Å². The Kier molecular flexibility index (Phi) is 38.6. The third kappa shape index (κ3) is 24.4. The molecule has 0 radical (unpaired) electrons. The van der Waals surface area contributed by atoms with Gasteiger partial charge < -0.3 is 25.0 Å². The molecule has 51 heavy (non-hydrogen) atoms. The third-order valence-electron chi connectivity index (χ3n) is 8.36. The van der Waals surface area contributed by atoms with Gasteiger partial charge in [-0.05, 0) is 93.4 Å². The topological polar surface area (TPSA) is 85.1 Å². The van der Waals surface area contributed by atoms with Gasteiger partial charge in [-0.15, -0.1) is 0 Å². The van der Waals surface area contributed by atoms with Gasteiger partial charge in [0.25, 0.3) is 0 Å². The lowest BCUT2D eigenvalue weighted by Crippen LogP contribution is -2.30. The van der Waals surface area contributed by atoms with Gasteiger partial charge in [0.1, 0.15) is 0 Å². The van der Waals surface area contributed by atoms with Crippen LogP contribution in [-0.4, -0.2) is 55.1 Å². The van der Waals surface area contributed by atoms with Gasteiger partial charge in [-0.1, -0.05) is 127 Å². The molecule has 1 aromatic rings. The van der Waals surface area contributed by atoms with Crippen LogP contribution in [0.25, 0.3) is 0 Å². The number of aryl methyl sites for hydroxylation is 1. The maximum Gasteiger partial charge on any atom is 0.231 e. The van der Waals surface area contributed by atoms with Crippen LogP contribution in [0.15, 0.2) is 23.9 Å². The van der Waals surface area contributed by atoms with Gasteiger partial charge in [0, 0.05) is 32.3 Å². The minimum atomic E-state index is 0.160. The van der Waals surface area contributed by atoms with E-state index in [9.17, 15) is 9.59 Å². The zero-order valence-electron chi connectivity index (χ0n) is 36.0. The van der Waals surface area contributed by atoms with Crippen molar-refractivity contribution in [3.8, 4) is 11.5 Å². The first-order chi connectivity index (χ1) is 24.7. The molecule has 1 aromatic carbocycles. The summed E-state index contributed by atoms with van der Waals surface area (Å²) in [5, 5.41) is 0. The van der Waals surface area contributed by atoms with Crippen LogP contribution in [-0.2, 0) is 16.0 Å². The van der Waals surface area contributed by atoms with E-state index in [-0.39, 0.29) is 5.91 Å². The molecule has 1 aliphatic heterocycles. The van der Waals surface area contributed by atoms with Gasteiger partial charge in [0.2, 0.25) is 19.1 Å². The van der Waals surface area contributed by atoms with Crippen molar-refractivity contribution in [1.29, 1.82) is 0 Å². The Morgan fingerprint density at radius 3 is 2.04 bits per heavy atom. The lowest BCUT2D eigenvalue weighted by molar-refractivity contribution is -0.127. The smallest absolute Gasteiger partial charge is 0.231 e. The highest BCUT2D eigenvalue weighted by atomic mass is 16.7. The zero-order chi connectivity index (χ0) is 39.5. The molecule has 1 aliphatic rings. The van der Waals surface area contributed by atoms with Crippen LogP contribution < -0.4 is 15.2 Å². The molecule has 2 rings (SSSR count). The fourth-order valence-electron chi connectivity index (χ4n) is 5.85. The molecule has 2 N–H and O–H groups in total. The molecule has 2 unspecified atom stereocenters. The minimum absolute atomic E-state index is 0.160. The predicted octanol–water partition coefficient (Wildman–Crippen LogP) is 12.1. The summed E-state index contributed by atoms with van der Waals surface area (Å²) in [6, 6.07) is 4.52. The van der Waals surface area contributed by atoms with Crippen molar-refractivity contribution in [2.45, 2.75) is 186 Å². The van der Waals surface area contributed by atoms with E-state index in [1.54, 1.807) is 6.92 Å². The number of hydrogen-bond donors (Lipinski definition) is 1. The molecule has 1 heterocycles. The van der Waals surface area contributed by atoms with E-state index in [4.69, 9.17) is 15.2 Å². The number of nitrogens with two attached hydrogens (primary N) is 1. The number of nitrogens with zero attached hydrogens (tertiary/aromatic N) is 2. The molecule has 0 aliphatic carbocycles. The van der Waals surface area contributed by atoms with Crippen molar-refractivity contribution in [3.05, 3.63) is 35.0 Å². The Hall–Kier alpha value is -2.54. The predicted molar refractivity (Wildman–Crippen MR) is 223 cm³/mol. The molecule has 2 atom stereocenters. The summed E-state index contributed by atoms with van der Waals surface area (Å²) in [5.41, 5.74) is 9.20. The van der Waals surface area contributed by atoms with Crippen LogP contribution in [0.3, 0.4) is 0 Å². The number of unbranched alkanes of at least 4 members (excludes halogenated alkanes) is 3. The van der Waals surface area contributed by atoms with Crippen molar-refractivity contribution in [1.82, 2.24) is 9.80 Å². The number of rotatable bonds is 22. The number of benzene rings is 1. The largest absolute Gasteiger partial charge is 0.454 e. The lowest BCUT2D eigenvalue weighted by Gasteiger charge is -2.27. The van der Waals surface area contributed by atoms with Crippen molar-refractivity contribution < 1.29 is 19.1 Å². The maximum atomic E-state index is 12.3. The Morgan fingerprint density at radius 2 is 1.53 bits per heavy atom. The molecule has 0 fully saturated rings. The fraction of sp³-hybridized carbons (Fsp3) is 0.773. The first kappa shape index (κ1) is 52.8. The van der Waals surface area contributed by atoms with E-state index >= 15 is 0 Å². The van der Waals surface area contributed by atoms with Crippen molar-refractivity contribution >= 4 is 12.3 Å². The molecule has 0 aromatic heterocycles. The van der Waals surface area contributed by atoms with Crippen LogP contribution in [0, 0.1) is 5.92 Å². The average molecular weight is 720 g/mol. The maximum absolute atomic E-state index is 12.3. The highest BCUT2D eigenvalue weighted by Crippen LogP contribution is 2.41. The molecular weight excluding hydrogens is 635 g/mol. The van der Waals surface area contributed by atoms with E-state index in [1.807, 2.05) is 37.5 Å². The van der Waals surface area contributed by atoms with Gasteiger partial charge >= 0.3 is 0 Å². The van der Waals surface area contributed by atoms with Crippen LogP contribution in [0.2, 0.25) is 0 Å². The van der Waals surface area contributed by atoms with Crippen molar-refractivity contribution in [3.63, 3.8) is 0 Å². The van der Waals surface area contributed by atoms with E-state index in [0.717, 1.165) is 128 Å². The number of hydrogen-bond acceptors (Lipinski definition) is 5. The quantitative estimate of drug-likeness (QED) is 0.0952. The Balaban J connectivity index is -0.000000959. The normalized spacial score (nSPS) is 12.3. The summed E-state index contributed by atoms with van der Waals surface area (Å²) in [7, 11) is 0. The highest BCUT2D eigenvalue weighted by Gasteiger charge is 2.23. The van der Waals surface area contributed by atoms with Crippen molar-refractivity contribution in [2.75, 3.05) is 33.0 Å². The van der Waals surface area contributed by atoms with Gasteiger partial charge in [-0.25, -0.2) is 0 Å². The summed E-state index contributed by atoms with van der Waals surface area (Å²) in [6.45, 7) is 30.9. The molecular formula is C44H85N3O4. The van der Waals surface area contributed by atoms with Gasteiger partial charge in [0.15, 0.2) is 11.5 Å². The first-order valence-corrected chi connectivity index (χ1v) is 21.0. The number of allylic oxidation sites excluding steroid dienone is 2.